The molecule has 4 heteroatoms. The number of benzene rings is 2. The molecule has 1 fully saturated rings. The van der Waals surface area contributed by atoms with Gasteiger partial charge in [0.15, 0.2) is 0 Å². The average molecular weight is 310 g/mol. The molecule has 1 aliphatic rings. The van der Waals surface area contributed by atoms with Gasteiger partial charge in [0, 0.05) is 30.9 Å². The van der Waals surface area contributed by atoms with Crippen molar-refractivity contribution in [3.05, 3.63) is 65.7 Å². The van der Waals surface area contributed by atoms with Crippen LogP contribution >= 0.6 is 0 Å². The third-order valence-corrected chi connectivity index (χ3v) is 4.28. The summed E-state index contributed by atoms with van der Waals surface area (Å²) in [5.74, 6) is 0.201. The van der Waals surface area contributed by atoms with E-state index in [0.717, 1.165) is 24.3 Å². The van der Waals surface area contributed by atoms with Crippen molar-refractivity contribution < 1.29 is 9.90 Å². The Balaban J connectivity index is 1.66. The van der Waals surface area contributed by atoms with Crippen LogP contribution in [0, 0.1) is 5.92 Å². The third-order valence-electron chi connectivity index (χ3n) is 4.28. The van der Waals surface area contributed by atoms with Crippen LogP contribution in [0.15, 0.2) is 54.6 Å². The van der Waals surface area contributed by atoms with E-state index in [1.165, 1.54) is 0 Å². The summed E-state index contributed by atoms with van der Waals surface area (Å²) in [4.78, 5) is 14.6. The van der Waals surface area contributed by atoms with Gasteiger partial charge in [-0.1, -0.05) is 37.3 Å². The number of para-hydroxylation sites is 1. The summed E-state index contributed by atoms with van der Waals surface area (Å²) in [7, 11) is 0. The Labute approximate surface area is 136 Å². The number of β-amino-alcohol motifs (C(OH)–C–C–N with tert-alkyl or cyclic N) is 1. The smallest absolute Gasteiger partial charge is 0.255 e. The van der Waals surface area contributed by atoms with E-state index in [0.29, 0.717) is 18.0 Å². The van der Waals surface area contributed by atoms with Crippen LogP contribution in [0.5, 0.6) is 0 Å². The van der Waals surface area contributed by atoms with Crippen LogP contribution in [0.1, 0.15) is 22.8 Å². The molecule has 0 aliphatic carbocycles. The van der Waals surface area contributed by atoms with Gasteiger partial charge in [-0.05, 0) is 35.7 Å². The molecule has 2 atom stereocenters. The molecule has 1 heterocycles. The molecule has 1 aliphatic heterocycles. The van der Waals surface area contributed by atoms with Gasteiger partial charge in [0.25, 0.3) is 5.91 Å². The number of rotatable bonds is 4. The van der Waals surface area contributed by atoms with Crippen molar-refractivity contribution in [2.45, 2.75) is 19.6 Å². The average Bonchev–Trinajstić information content (AvgIpc) is 2.86. The lowest BCUT2D eigenvalue weighted by Gasteiger charge is -2.15. The molecule has 120 valence electrons. The van der Waals surface area contributed by atoms with E-state index in [9.17, 15) is 9.90 Å². The molecule has 2 N–H and O–H groups in total. The molecule has 0 spiro atoms. The monoisotopic (exact) mass is 310 g/mol. The molecule has 1 saturated heterocycles. The first kappa shape index (κ1) is 15.7. The van der Waals surface area contributed by atoms with E-state index < -0.39 is 0 Å². The first-order valence-electron chi connectivity index (χ1n) is 7.97. The maximum atomic E-state index is 12.3. The molecule has 23 heavy (non-hydrogen) atoms. The first-order chi connectivity index (χ1) is 11.1. The lowest BCUT2D eigenvalue weighted by molar-refractivity contribution is 0.102. The summed E-state index contributed by atoms with van der Waals surface area (Å²) >= 11 is 0. The summed E-state index contributed by atoms with van der Waals surface area (Å²) in [6, 6.07) is 17.1. The number of nitrogens with one attached hydrogen (secondary N) is 1. The number of amides is 1. The van der Waals surface area contributed by atoms with E-state index in [4.69, 9.17) is 0 Å². The second-order valence-corrected chi connectivity index (χ2v) is 6.26. The Morgan fingerprint density at radius 1 is 1.17 bits per heavy atom. The Bertz CT molecular complexity index is 662. The topological polar surface area (TPSA) is 52.6 Å². The van der Waals surface area contributed by atoms with Crippen LogP contribution in [0.3, 0.4) is 0 Å². The van der Waals surface area contributed by atoms with Gasteiger partial charge in [-0.15, -0.1) is 0 Å². The van der Waals surface area contributed by atoms with Gasteiger partial charge in [-0.25, -0.2) is 0 Å². The van der Waals surface area contributed by atoms with Gasteiger partial charge < -0.3 is 10.4 Å². The summed E-state index contributed by atoms with van der Waals surface area (Å²) in [6.45, 7) is 4.41. The van der Waals surface area contributed by atoms with Crippen molar-refractivity contribution in [2.75, 3.05) is 18.4 Å². The normalized spacial score (nSPS) is 21.3. The summed E-state index contributed by atoms with van der Waals surface area (Å²) in [6.07, 6.45) is -0.250. The summed E-state index contributed by atoms with van der Waals surface area (Å²) < 4.78 is 0. The summed E-state index contributed by atoms with van der Waals surface area (Å²) in [5, 5.41) is 12.7. The third kappa shape index (κ3) is 3.97. The molecule has 0 radical (unpaired) electrons. The van der Waals surface area contributed by atoms with E-state index in [-0.39, 0.29) is 12.0 Å². The van der Waals surface area contributed by atoms with Crippen LogP contribution in [0.25, 0.3) is 0 Å². The van der Waals surface area contributed by atoms with Crippen LogP contribution in [-0.2, 0) is 6.54 Å². The number of aliphatic hydroxyl groups is 1. The van der Waals surface area contributed by atoms with Gasteiger partial charge in [-0.3, -0.25) is 9.69 Å². The predicted molar refractivity (Wildman–Crippen MR) is 91.3 cm³/mol. The molecule has 0 unspecified atom stereocenters. The molecule has 1 amide bonds. The zero-order chi connectivity index (χ0) is 16.2. The van der Waals surface area contributed by atoms with Gasteiger partial charge in [0.2, 0.25) is 0 Å². The highest BCUT2D eigenvalue weighted by Gasteiger charge is 2.27. The zero-order valence-electron chi connectivity index (χ0n) is 13.3. The van der Waals surface area contributed by atoms with Gasteiger partial charge >= 0.3 is 0 Å². The molecule has 0 bridgehead atoms. The number of hydrogen-bond acceptors (Lipinski definition) is 3. The standard InChI is InChI=1S/C19H22N2O2/c1-14-11-21(13-18(14)22)12-15-6-5-7-16(10-15)19(23)20-17-8-3-2-4-9-17/h2-10,14,18,22H,11-13H2,1H3,(H,20,23)/t14-,18-/m1/s1. The number of carbonyl (C=O) groups is 1. The molecule has 0 saturated carbocycles. The second kappa shape index (κ2) is 6.94. The molecular weight excluding hydrogens is 288 g/mol. The predicted octanol–water partition coefficient (Wildman–Crippen LogP) is 2.75. The number of likely N-dealkylation sites (tertiary alicyclic amines) is 1. The van der Waals surface area contributed by atoms with Crippen LogP contribution in [-0.4, -0.2) is 35.1 Å². The van der Waals surface area contributed by atoms with Crippen molar-refractivity contribution in [3.63, 3.8) is 0 Å². The number of aliphatic hydroxyl groups excluding tert-OH is 1. The van der Waals surface area contributed by atoms with E-state index in [2.05, 4.69) is 17.1 Å². The Kier molecular flexibility index (Phi) is 4.74. The number of carbonyl (C=O) groups excluding carboxylic acids is 1. The highest BCUT2D eigenvalue weighted by atomic mass is 16.3. The minimum absolute atomic E-state index is 0.104. The van der Waals surface area contributed by atoms with E-state index >= 15 is 0 Å². The van der Waals surface area contributed by atoms with Crippen LogP contribution in [0.2, 0.25) is 0 Å². The number of anilines is 1. The van der Waals surface area contributed by atoms with Gasteiger partial charge in [0.1, 0.15) is 0 Å². The summed E-state index contributed by atoms with van der Waals surface area (Å²) in [5.41, 5.74) is 2.53. The Hall–Kier alpha value is -2.17. The van der Waals surface area contributed by atoms with Gasteiger partial charge in [0.05, 0.1) is 6.10 Å². The van der Waals surface area contributed by atoms with Crippen molar-refractivity contribution in [1.82, 2.24) is 4.90 Å². The molecule has 3 rings (SSSR count). The maximum Gasteiger partial charge on any atom is 0.255 e. The molecule has 4 nitrogen and oxygen atoms in total. The van der Waals surface area contributed by atoms with Crippen LogP contribution < -0.4 is 5.32 Å². The molecule has 2 aromatic carbocycles. The highest BCUT2D eigenvalue weighted by Crippen LogP contribution is 2.19. The highest BCUT2D eigenvalue weighted by molar-refractivity contribution is 6.04. The fraction of sp³-hybridized carbons (Fsp3) is 0.316. The fourth-order valence-corrected chi connectivity index (χ4v) is 2.97. The molecule has 0 aromatic heterocycles. The van der Waals surface area contributed by atoms with Crippen molar-refractivity contribution in [3.8, 4) is 0 Å². The van der Waals surface area contributed by atoms with Crippen molar-refractivity contribution in [2.24, 2.45) is 5.92 Å². The Morgan fingerprint density at radius 3 is 2.65 bits per heavy atom. The SMILES string of the molecule is C[C@@H]1CN(Cc2cccc(C(=O)Nc3ccccc3)c2)C[C@H]1O. The minimum Gasteiger partial charge on any atom is -0.391 e. The lowest BCUT2D eigenvalue weighted by Crippen LogP contribution is -2.21. The first-order valence-corrected chi connectivity index (χ1v) is 7.97. The van der Waals surface area contributed by atoms with Gasteiger partial charge in [-0.2, -0.15) is 0 Å². The zero-order valence-corrected chi connectivity index (χ0v) is 13.3. The lowest BCUT2D eigenvalue weighted by atomic mass is 10.1. The van der Waals surface area contributed by atoms with Crippen LogP contribution in [0.4, 0.5) is 5.69 Å². The van der Waals surface area contributed by atoms with E-state index in [1.807, 2.05) is 54.6 Å². The van der Waals surface area contributed by atoms with Crippen molar-refractivity contribution >= 4 is 11.6 Å². The fourth-order valence-electron chi connectivity index (χ4n) is 2.97. The molecular formula is C19H22N2O2. The second-order valence-electron chi connectivity index (χ2n) is 6.26. The largest absolute Gasteiger partial charge is 0.391 e. The number of hydrogen-bond donors (Lipinski definition) is 2. The number of nitrogens with zero attached hydrogens (tertiary/aromatic N) is 1. The Morgan fingerprint density at radius 2 is 1.96 bits per heavy atom. The quantitative estimate of drug-likeness (QED) is 0.913. The maximum absolute atomic E-state index is 12.3. The van der Waals surface area contributed by atoms with Crippen molar-refractivity contribution in [1.29, 1.82) is 0 Å². The minimum atomic E-state index is -0.250. The van der Waals surface area contributed by atoms with E-state index in [1.54, 1.807) is 0 Å². The molecule has 2 aromatic rings.